The molecule has 1 unspecified atom stereocenters. The van der Waals surface area contributed by atoms with Crippen LogP contribution in [0, 0.1) is 5.41 Å². The molecular weight excluding hydrogens is 240 g/mol. The topological polar surface area (TPSA) is 66.6 Å². The van der Waals surface area contributed by atoms with Gasteiger partial charge in [0.05, 0.1) is 6.04 Å². The normalized spacial score (nSPS) is 13.1. The first-order chi connectivity index (χ1) is 8.69. The van der Waals surface area contributed by atoms with Crippen molar-refractivity contribution < 1.29 is 9.90 Å². The quantitative estimate of drug-likeness (QED) is 0.871. The zero-order valence-electron chi connectivity index (χ0n) is 12.2. The molecule has 106 valence electrons. The zero-order valence-corrected chi connectivity index (χ0v) is 12.2. The van der Waals surface area contributed by atoms with E-state index in [1.165, 1.54) is 0 Å². The fourth-order valence-corrected chi connectivity index (χ4v) is 2.05. The Balaban J connectivity index is 2.59. The summed E-state index contributed by atoms with van der Waals surface area (Å²) >= 11 is 0. The van der Waals surface area contributed by atoms with Gasteiger partial charge < -0.3 is 15.7 Å². The molecule has 0 heterocycles. The van der Waals surface area contributed by atoms with E-state index in [2.05, 4.69) is 20.8 Å². The number of carbonyl (C=O) groups excluding carboxylic acids is 1. The SMILES string of the molecule is CN(CC(C)(C)C)C(=O)C(N)Cc1ccc(O)cc1. The maximum Gasteiger partial charge on any atom is 0.239 e. The van der Waals surface area contributed by atoms with E-state index in [0.717, 1.165) is 5.56 Å². The summed E-state index contributed by atoms with van der Waals surface area (Å²) in [6.45, 7) is 6.93. The summed E-state index contributed by atoms with van der Waals surface area (Å²) in [5.41, 5.74) is 6.96. The Hall–Kier alpha value is -1.55. The van der Waals surface area contributed by atoms with Gasteiger partial charge in [0.15, 0.2) is 0 Å². The maximum atomic E-state index is 12.1. The third-order valence-corrected chi connectivity index (χ3v) is 2.80. The van der Waals surface area contributed by atoms with E-state index in [-0.39, 0.29) is 17.1 Å². The highest BCUT2D eigenvalue weighted by Gasteiger charge is 2.22. The van der Waals surface area contributed by atoms with Crippen LogP contribution in [0.1, 0.15) is 26.3 Å². The van der Waals surface area contributed by atoms with Crippen molar-refractivity contribution in [1.82, 2.24) is 4.90 Å². The minimum absolute atomic E-state index is 0.0528. The highest BCUT2D eigenvalue weighted by atomic mass is 16.3. The first-order valence-electron chi connectivity index (χ1n) is 6.47. The summed E-state index contributed by atoms with van der Waals surface area (Å²) in [5, 5.41) is 9.21. The standard InChI is InChI=1S/C15H24N2O2/c1-15(2,3)10-17(4)14(19)13(16)9-11-5-7-12(18)8-6-11/h5-8,13,18H,9-10,16H2,1-4H3. The van der Waals surface area contributed by atoms with Crippen LogP contribution in [0.5, 0.6) is 5.75 Å². The number of amides is 1. The Morgan fingerprint density at radius 2 is 1.84 bits per heavy atom. The van der Waals surface area contributed by atoms with Crippen molar-refractivity contribution in [1.29, 1.82) is 0 Å². The van der Waals surface area contributed by atoms with Gasteiger partial charge in [-0.3, -0.25) is 4.79 Å². The summed E-state index contributed by atoms with van der Waals surface area (Å²) in [6, 6.07) is 6.23. The van der Waals surface area contributed by atoms with Crippen molar-refractivity contribution >= 4 is 5.91 Å². The van der Waals surface area contributed by atoms with E-state index >= 15 is 0 Å². The zero-order chi connectivity index (χ0) is 14.6. The van der Waals surface area contributed by atoms with E-state index in [4.69, 9.17) is 5.73 Å². The molecule has 0 saturated heterocycles. The summed E-state index contributed by atoms with van der Waals surface area (Å²) < 4.78 is 0. The van der Waals surface area contributed by atoms with Gasteiger partial charge in [-0.2, -0.15) is 0 Å². The van der Waals surface area contributed by atoms with Crippen molar-refractivity contribution in [2.45, 2.75) is 33.2 Å². The number of aromatic hydroxyl groups is 1. The smallest absolute Gasteiger partial charge is 0.239 e. The van der Waals surface area contributed by atoms with Crippen LogP contribution in [-0.4, -0.2) is 35.5 Å². The highest BCUT2D eigenvalue weighted by molar-refractivity contribution is 5.81. The number of likely N-dealkylation sites (N-methyl/N-ethyl adjacent to an activating group) is 1. The minimum Gasteiger partial charge on any atom is -0.508 e. The lowest BCUT2D eigenvalue weighted by atomic mass is 9.95. The van der Waals surface area contributed by atoms with Gasteiger partial charge in [0.1, 0.15) is 5.75 Å². The van der Waals surface area contributed by atoms with Crippen LogP contribution in [0.2, 0.25) is 0 Å². The summed E-state index contributed by atoms with van der Waals surface area (Å²) in [4.78, 5) is 13.8. The van der Waals surface area contributed by atoms with Crippen LogP contribution in [0.25, 0.3) is 0 Å². The molecular formula is C15H24N2O2. The molecule has 0 aromatic heterocycles. The Labute approximate surface area is 115 Å². The monoisotopic (exact) mass is 264 g/mol. The number of rotatable bonds is 4. The van der Waals surface area contributed by atoms with Crippen molar-refractivity contribution in [3.63, 3.8) is 0 Å². The Morgan fingerprint density at radius 3 is 2.32 bits per heavy atom. The Morgan fingerprint density at radius 1 is 1.32 bits per heavy atom. The molecule has 4 nitrogen and oxygen atoms in total. The highest BCUT2D eigenvalue weighted by Crippen LogP contribution is 2.15. The number of phenols is 1. The van der Waals surface area contributed by atoms with E-state index in [1.807, 2.05) is 0 Å². The number of carbonyl (C=O) groups is 1. The van der Waals surface area contributed by atoms with Gasteiger partial charge in [0, 0.05) is 13.6 Å². The number of benzene rings is 1. The lowest BCUT2D eigenvalue weighted by molar-refractivity contribution is -0.132. The van der Waals surface area contributed by atoms with Crippen LogP contribution >= 0.6 is 0 Å². The third kappa shape index (κ3) is 5.30. The van der Waals surface area contributed by atoms with Gasteiger partial charge in [-0.05, 0) is 29.5 Å². The molecule has 0 aliphatic carbocycles. The molecule has 1 atom stereocenters. The Kier molecular flexibility index (Phi) is 4.95. The van der Waals surface area contributed by atoms with Gasteiger partial charge in [0.2, 0.25) is 5.91 Å². The second kappa shape index (κ2) is 6.06. The van der Waals surface area contributed by atoms with E-state index in [1.54, 1.807) is 36.2 Å². The molecule has 0 spiro atoms. The van der Waals surface area contributed by atoms with Crippen molar-refractivity contribution in [2.24, 2.45) is 11.1 Å². The minimum atomic E-state index is -0.545. The summed E-state index contributed by atoms with van der Waals surface area (Å²) in [7, 11) is 1.78. The van der Waals surface area contributed by atoms with Crippen LogP contribution < -0.4 is 5.73 Å². The van der Waals surface area contributed by atoms with E-state index < -0.39 is 6.04 Å². The number of nitrogens with zero attached hydrogens (tertiary/aromatic N) is 1. The number of hydrogen-bond donors (Lipinski definition) is 2. The predicted octanol–water partition coefficient (Wildman–Crippen LogP) is 1.77. The number of nitrogens with two attached hydrogens (primary N) is 1. The fraction of sp³-hybridized carbons (Fsp3) is 0.533. The van der Waals surface area contributed by atoms with Crippen LogP contribution in [0.15, 0.2) is 24.3 Å². The molecule has 3 N–H and O–H groups in total. The van der Waals surface area contributed by atoms with Crippen LogP contribution in [0.4, 0.5) is 0 Å². The molecule has 4 heteroatoms. The molecule has 1 aromatic rings. The van der Waals surface area contributed by atoms with E-state index in [9.17, 15) is 9.90 Å². The molecule has 0 radical (unpaired) electrons. The van der Waals surface area contributed by atoms with Gasteiger partial charge in [-0.25, -0.2) is 0 Å². The molecule has 0 saturated carbocycles. The van der Waals surface area contributed by atoms with Crippen molar-refractivity contribution in [3.05, 3.63) is 29.8 Å². The molecule has 1 rings (SSSR count). The summed E-state index contributed by atoms with van der Waals surface area (Å²) in [5.74, 6) is 0.163. The van der Waals surface area contributed by atoms with Gasteiger partial charge in [-0.1, -0.05) is 32.9 Å². The van der Waals surface area contributed by atoms with Crippen molar-refractivity contribution in [2.75, 3.05) is 13.6 Å². The lowest BCUT2D eigenvalue weighted by Gasteiger charge is -2.28. The molecule has 0 fully saturated rings. The van der Waals surface area contributed by atoms with Crippen LogP contribution in [0.3, 0.4) is 0 Å². The Bertz CT molecular complexity index is 421. The van der Waals surface area contributed by atoms with Crippen LogP contribution in [-0.2, 0) is 11.2 Å². The molecule has 0 aliphatic heterocycles. The van der Waals surface area contributed by atoms with Gasteiger partial charge >= 0.3 is 0 Å². The largest absolute Gasteiger partial charge is 0.508 e. The number of hydrogen-bond acceptors (Lipinski definition) is 3. The first kappa shape index (κ1) is 15.5. The summed E-state index contributed by atoms with van der Waals surface area (Å²) in [6.07, 6.45) is 0.480. The second-order valence-electron chi connectivity index (χ2n) is 6.23. The fourth-order valence-electron chi connectivity index (χ4n) is 2.05. The third-order valence-electron chi connectivity index (χ3n) is 2.80. The predicted molar refractivity (Wildman–Crippen MR) is 76.9 cm³/mol. The van der Waals surface area contributed by atoms with Gasteiger partial charge in [0.25, 0.3) is 0 Å². The number of phenolic OH excluding ortho intramolecular Hbond substituents is 1. The molecule has 0 bridgehead atoms. The molecule has 1 amide bonds. The van der Waals surface area contributed by atoms with Crippen molar-refractivity contribution in [3.8, 4) is 5.75 Å². The van der Waals surface area contributed by atoms with Gasteiger partial charge in [-0.15, -0.1) is 0 Å². The maximum absolute atomic E-state index is 12.1. The molecule has 19 heavy (non-hydrogen) atoms. The molecule has 0 aliphatic rings. The average molecular weight is 264 g/mol. The second-order valence-corrected chi connectivity index (χ2v) is 6.23. The lowest BCUT2D eigenvalue weighted by Crippen LogP contribution is -2.45. The van der Waals surface area contributed by atoms with E-state index in [0.29, 0.717) is 13.0 Å². The first-order valence-corrected chi connectivity index (χ1v) is 6.47. The molecule has 1 aromatic carbocycles. The average Bonchev–Trinajstić information content (AvgIpc) is 2.28.